The quantitative estimate of drug-likeness (QED) is 0.793. The fourth-order valence-corrected chi connectivity index (χ4v) is 5.62. The molecule has 4 nitrogen and oxygen atoms in total. The SMILES string of the molecule is O=C(C1CC1)N1CCC(C(=O)N2CCc3sccc3[C@H]2c2ccccc2)CC1. The van der Waals surface area contributed by atoms with Gasteiger partial charge in [0.1, 0.15) is 0 Å². The lowest BCUT2D eigenvalue weighted by atomic mass is 9.89. The van der Waals surface area contributed by atoms with E-state index in [9.17, 15) is 9.59 Å². The van der Waals surface area contributed by atoms with Crippen molar-refractivity contribution in [1.29, 1.82) is 0 Å². The molecule has 3 heterocycles. The first-order valence-corrected chi connectivity index (χ1v) is 11.3. The van der Waals surface area contributed by atoms with Crippen LogP contribution in [0.5, 0.6) is 0 Å². The van der Waals surface area contributed by atoms with Gasteiger partial charge in [-0.3, -0.25) is 9.59 Å². The molecule has 1 aromatic heterocycles. The number of rotatable bonds is 3. The number of hydrogen-bond acceptors (Lipinski definition) is 3. The number of thiophene rings is 1. The van der Waals surface area contributed by atoms with Crippen LogP contribution in [-0.4, -0.2) is 41.2 Å². The van der Waals surface area contributed by atoms with Gasteiger partial charge in [-0.1, -0.05) is 30.3 Å². The van der Waals surface area contributed by atoms with Gasteiger partial charge < -0.3 is 9.80 Å². The molecule has 3 aliphatic rings. The number of hydrogen-bond donors (Lipinski definition) is 0. The lowest BCUT2D eigenvalue weighted by molar-refractivity contribution is -0.142. The summed E-state index contributed by atoms with van der Waals surface area (Å²) >= 11 is 1.80. The molecule has 2 fully saturated rings. The molecule has 0 N–H and O–H groups in total. The Morgan fingerprint density at radius 3 is 2.29 bits per heavy atom. The van der Waals surface area contributed by atoms with Gasteiger partial charge in [-0.05, 0) is 54.7 Å². The first kappa shape index (κ1) is 17.9. The van der Waals surface area contributed by atoms with Gasteiger partial charge in [0, 0.05) is 36.3 Å². The Hall–Kier alpha value is -2.14. The van der Waals surface area contributed by atoms with Gasteiger partial charge in [0.15, 0.2) is 0 Å². The molecule has 0 spiro atoms. The first-order chi connectivity index (χ1) is 13.7. The predicted molar refractivity (Wildman–Crippen MR) is 110 cm³/mol. The summed E-state index contributed by atoms with van der Waals surface area (Å²) in [5.41, 5.74) is 2.48. The van der Waals surface area contributed by atoms with Crippen LogP contribution in [0, 0.1) is 11.8 Å². The summed E-state index contributed by atoms with van der Waals surface area (Å²) in [6.45, 7) is 2.26. The zero-order valence-electron chi connectivity index (χ0n) is 16.0. The van der Waals surface area contributed by atoms with Crippen molar-refractivity contribution in [2.24, 2.45) is 11.8 Å². The van der Waals surface area contributed by atoms with Crippen LogP contribution in [0.15, 0.2) is 41.8 Å². The van der Waals surface area contributed by atoms with Crippen molar-refractivity contribution in [3.8, 4) is 0 Å². The zero-order chi connectivity index (χ0) is 19.1. The third kappa shape index (κ3) is 3.26. The van der Waals surface area contributed by atoms with Crippen molar-refractivity contribution < 1.29 is 9.59 Å². The molecule has 0 unspecified atom stereocenters. The van der Waals surface area contributed by atoms with E-state index in [0.29, 0.717) is 5.91 Å². The summed E-state index contributed by atoms with van der Waals surface area (Å²) in [5, 5.41) is 2.15. The minimum absolute atomic E-state index is 0.0230. The van der Waals surface area contributed by atoms with Crippen LogP contribution in [0.3, 0.4) is 0 Å². The van der Waals surface area contributed by atoms with E-state index in [4.69, 9.17) is 0 Å². The Morgan fingerprint density at radius 2 is 1.57 bits per heavy atom. The van der Waals surface area contributed by atoms with E-state index < -0.39 is 0 Å². The number of carbonyl (C=O) groups excluding carboxylic acids is 2. The minimum Gasteiger partial charge on any atom is -0.342 e. The summed E-state index contributed by atoms with van der Waals surface area (Å²) in [4.78, 5) is 31.3. The molecule has 0 radical (unpaired) electrons. The number of benzene rings is 1. The maximum atomic E-state index is 13.5. The van der Waals surface area contributed by atoms with Crippen molar-refractivity contribution in [3.63, 3.8) is 0 Å². The Bertz CT molecular complexity index is 866. The Morgan fingerprint density at radius 1 is 0.857 bits per heavy atom. The van der Waals surface area contributed by atoms with Crippen molar-refractivity contribution >= 4 is 23.2 Å². The molecule has 2 aromatic rings. The maximum Gasteiger partial charge on any atom is 0.226 e. The van der Waals surface area contributed by atoms with E-state index in [0.717, 1.165) is 51.7 Å². The van der Waals surface area contributed by atoms with E-state index >= 15 is 0 Å². The second-order valence-electron chi connectivity index (χ2n) is 8.27. The Labute approximate surface area is 170 Å². The summed E-state index contributed by atoms with van der Waals surface area (Å²) < 4.78 is 0. The average molecular weight is 395 g/mol. The second kappa shape index (κ2) is 7.36. The van der Waals surface area contributed by atoms with Gasteiger partial charge in [0.25, 0.3) is 0 Å². The summed E-state index contributed by atoms with van der Waals surface area (Å²) in [6.07, 6.45) is 4.64. The smallest absolute Gasteiger partial charge is 0.226 e. The molecule has 0 bridgehead atoms. The third-order valence-electron chi connectivity index (χ3n) is 6.45. The number of fused-ring (bicyclic) bond motifs is 1. The van der Waals surface area contributed by atoms with E-state index in [2.05, 4.69) is 40.6 Å². The molecule has 2 amide bonds. The highest BCUT2D eigenvalue weighted by Gasteiger charge is 2.39. The molecular weight excluding hydrogens is 368 g/mol. The summed E-state index contributed by atoms with van der Waals surface area (Å²) in [7, 11) is 0. The largest absolute Gasteiger partial charge is 0.342 e. The van der Waals surface area contributed by atoms with Crippen LogP contribution < -0.4 is 0 Å². The summed E-state index contributed by atoms with van der Waals surface area (Å²) in [5.74, 6) is 0.890. The van der Waals surface area contributed by atoms with E-state index in [1.165, 1.54) is 16.0 Å². The Balaban J connectivity index is 1.34. The highest BCUT2D eigenvalue weighted by molar-refractivity contribution is 7.10. The molecule has 1 saturated carbocycles. The Kier molecular flexibility index (Phi) is 4.71. The van der Waals surface area contributed by atoms with Gasteiger partial charge in [0.05, 0.1) is 6.04 Å². The molecule has 5 heteroatoms. The fraction of sp³-hybridized carbons (Fsp3) is 0.478. The van der Waals surface area contributed by atoms with Gasteiger partial charge >= 0.3 is 0 Å². The van der Waals surface area contributed by atoms with Gasteiger partial charge in [-0.15, -0.1) is 11.3 Å². The normalized spacial score (nSPS) is 22.8. The van der Waals surface area contributed by atoms with Crippen LogP contribution >= 0.6 is 11.3 Å². The lowest BCUT2D eigenvalue weighted by Gasteiger charge is -2.40. The highest BCUT2D eigenvalue weighted by atomic mass is 32.1. The monoisotopic (exact) mass is 394 g/mol. The standard InChI is InChI=1S/C23H26N2O2S/c26-22(17-6-7-17)24-12-8-18(9-13-24)23(27)25-14-10-20-19(11-15-28-20)21(25)16-4-2-1-3-5-16/h1-5,11,15,17-18,21H,6-10,12-14H2/t21-/m1/s1. The molecule has 1 atom stereocenters. The third-order valence-corrected chi connectivity index (χ3v) is 7.44. The molecular formula is C23H26N2O2S. The van der Waals surface area contributed by atoms with Crippen LogP contribution in [-0.2, 0) is 16.0 Å². The van der Waals surface area contributed by atoms with Crippen LogP contribution in [0.2, 0.25) is 0 Å². The van der Waals surface area contributed by atoms with Gasteiger partial charge in [-0.2, -0.15) is 0 Å². The fourth-order valence-electron chi connectivity index (χ4n) is 4.72. The van der Waals surface area contributed by atoms with Crippen LogP contribution in [0.25, 0.3) is 0 Å². The maximum absolute atomic E-state index is 13.5. The van der Waals surface area contributed by atoms with Crippen LogP contribution in [0.4, 0.5) is 0 Å². The summed E-state index contributed by atoms with van der Waals surface area (Å²) in [6, 6.07) is 12.6. The highest BCUT2D eigenvalue weighted by Crippen LogP contribution is 2.39. The predicted octanol–water partition coefficient (Wildman–Crippen LogP) is 3.87. The van der Waals surface area contributed by atoms with Gasteiger partial charge in [0.2, 0.25) is 11.8 Å². The van der Waals surface area contributed by atoms with Gasteiger partial charge in [-0.25, -0.2) is 0 Å². The number of piperidine rings is 1. The molecule has 5 rings (SSSR count). The van der Waals surface area contributed by atoms with E-state index in [1.807, 2.05) is 11.0 Å². The molecule has 1 aliphatic carbocycles. The number of nitrogens with zero attached hydrogens (tertiary/aromatic N) is 2. The van der Waals surface area contributed by atoms with Crippen molar-refractivity contribution in [1.82, 2.24) is 9.80 Å². The molecule has 1 aromatic carbocycles. The first-order valence-electron chi connectivity index (χ1n) is 10.4. The van der Waals surface area contributed by atoms with E-state index in [1.54, 1.807) is 11.3 Å². The second-order valence-corrected chi connectivity index (χ2v) is 9.27. The number of carbonyl (C=O) groups is 2. The number of likely N-dealkylation sites (tertiary alicyclic amines) is 1. The molecule has 1 saturated heterocycles. The topological polar surface area (TPSA) is 40.6 Å². The van der Waals surface area contributed by atoms with Crippen LogP contribution in [0.1, 0.15) is 47.7 Å². The number of amides is 2. The van der Waals surface area contributed by atoms with E-state index in [-0.39, 0.29) is 23.8 Å². The molecule has 146 valence electrons. The molecule has 2 aliphatic heterocycles. The zero-order valence-corrected chi connectivity index (χ0v) is 16.9. The molecule has 28 heavy (non-hydrogen) atoms. The lowest BCUT2D eigenvalue weighted by Crippen LogP contribution is -2.47. The average Bonchev–Trinajstić information content (AvgIpc) is 3.49. The van der Waals surface area contributed by atoms with Crippen molar-refractivity contribution in [3.05, 3.63) is 57.8 Å². The van der Waals surface area contributed by atoms with Crippen molar-refractivity contribution in [2.45, 2.75) is 38.1 Å². The van der Waals surface area contributed by atoms with Crippen molar-refractivity contribution in [2.75, 3.05) is 19.6 Å². The minimum atomic E-state index is 0.0230.